The third-order valence-electron chi connectivity index (χ3n) is 3.54. The number of sulfonamides is 2. The van der Waals surface area contributed by atoms with Gasteiger partial charge in [-0.05, 0) is 38.1 Å². The molecule has 0 spiro atoms. The topological polar surface area (TPSA) is 144 Å². The molecule has 6 N–H and O–H groups in total. The molecule has 0 fully saturated rings. The molecule has 0 saturated carbocycles. The predicted octanol–water partition coefficient (Wildman–Crippen LogP) is 0.464. The molecule has 2 aromatic carbocycles. The Morgan fingerprint density at radius 3 is 1.18 bits per heavy atom. The van der Waals surface area contributed by atoms with Gasteiger partial charge in [0.05, 0.1) is 9.79 Å². The first-order chi connectivity index (χ1) is 13.1. The first-order valence-corrected chi connectivity index (χ1v) is 11.6. The van der Waals surface area contributed by atoms with E-state index in [0.717, 1.165) is 11.1 Å². The van der Waals surface area contributed by atoms with E-state index < -0.39 is 20.0 Å². The summed E-state index contributed by atoms with van der Waals surface area (Å²) in [6, 6.07) is 13.4. The van der Waals surface area contributed by atoms with Crippen molar-refractivity contribution >= 4 is 20.0 Å². The van der Waals surface area contributed by atoms with Gasteiger partial charge in [-0.3, -0.25) is 0 Å². The van der Waals surface area contributed by atoms with Crippen LogP contribution in [0.4, 0.5) is 0 Å². The quantitative estimate of drug-likeness (QED) is 0.481. The van der Waals surface area contributed by atoms with Crippen molar-refractivity contribution < 1.29 is 16.8 Å². The van der Waals surface area contributed by atoms with Gasteiger partial charge in [0.25, 0.3) is 0 Å². The zero-order valence-corrected chi connectivity index (χ0v) is 17.7. The van der Waals surface area contributed by atoms with Crippen molar-refractivity contribution in [3.05, 3.63) is 59.7 Å². The van der Waals surface area contributed by atoms with Gasteiger partial charge in [0.15, 0.2) is 0 Å². The van der Waals surface area contributed by atoms with Crippen LogP contribution in [0.25, 0.3) is 0 Å². The summed E-state index contributed by atoms with van der Waals surface area (Å²) in [5, 5.41) is 0. The van der Waals surface area contributed by atoms with Gasteiger partial charge in [-0.15, -0.1) is 0 Å². The van der Waals surface area contributed by atoms with Crippen LogP contribution in [0.15, 0.2) is 58.3 Å². The Hall–Kier alpha value is -1.82. The van der Waals surface area contributed by atoms with Crippen molar-refractivity contribution in [3.63, 3.8) is 0 Å². The molecular weight excluding hydrogens is 400 g/mol. The zero-order valence-electron chi connectivity index (χ0n) is 16.1. The molecular formula is C18H28N4O4S2. The Labute approximate surface area is 167 Å². The summed E-state index contributed by atoms with van der Waals surface area (Å²) in [6.45, 7) is 4.93. The van der Waals surface area contributed by atoms with Gasteiger partial charge >= 0.3 is 0 Å². The van der Waals surface area contributed by atoms with Gasteiger partial charge in [0, 0.05) is 26.2 Å². The summed E-state index contributed by atoms with van der Waals surface area (Å²) in [5.74, 6) is 0. The van der Waals surface area contributed by atoms with Gasteiger partial charge in [0.2, 0.25) is 20.0 Å². The van der Waals surface area contributed by atoms with E-state index in [-0.39, 0.29) is 22.9 Å². The van der Waals surface area contributed by atoms with Gasteiger partial charge in [-0.2, -0.15) is 0 Å². The molecule has 8 nitrogen and oxygen atoms in total. The molecule has 28 heavy (non-hydrogen) atoms. The molecule has 0 heterocycles. The average molecular weight is 429 g/mol. The number of benzene rings is 2. The summed E-state index contributed by atoms with van der Waals surface area (Å²) in [5.41, 5.74) is 12.5. The zero-order chi connectivity index (χ0) is 21.2. The van der Waals surface area contributed by atoms with Crippen LogP contribution in [0.2, 0.25) is 0 Å². The fraction of sp³-hybridized carbons (Fsp3) is 0.333. The summed E-state index contributed by atoms with van der Waals surface area (Å²) < 4.78 is 50.9. The SMILES string of the molecule is Cc1ccc(S(=O)(=O)NCCN)cc1.Cc1ccc(S(=O)(=O)NCCN)cc1. The molecule has 0 atom stereocenters. The van der Waals surface area contributed by atoms with E-state index in [0.29, 0.717) is 13.1 Å². The molecule has 0 aromatic heterocycles. The van der Waals surface area contributed by atoms with Gasteiger partial charge in [-0.25, -0.2) is 26.3 Å². The van der Waals surface area contributed by atoms with E-state index >= 15 is 0 Å². The van der Waals surface area contributed by atoms with Crippen molar-refractivity contribution in [2.45, 2.75) is 23.6 Å². The third-order valence-corrected chi connectivity index (χ3v) is 6.49. The molecule has 0 saturated heterocycles. The maximum absolute atomic E-state index is 11.5. The van der Waals surface area contributed by atoms with E-state index in [1.807, 2.05) is 13.8 Å². The highest BCUT2D eigenvalue weighted by Gasteiger charge is 2.12. The molecule has 0 aliphatic heterocycles. The molecule has 0 aliphatic rings. The molecule has 2 aromatic rings. The molecule has 0 bridgehead atoms. The Kier molecular flexibility index (Phi) is 9.73. The fourth-order valence-corrected chi connectivity index (χ4v) is 4.08. The van der Waals surface area contributed by atoms with Crippen LogP contribution in [0.3, 0.4) is 0 Å². The molecule has 0 unspecified atom stereocenters. The van der Waals surface area contributed by atoms with Crippen molar-refractivity contribution in [1.82, 2.24) is 9.44 Å². The second-order valence-electron chi connectivity index (χ2n) is 6.00. The number of nitrogens with two attached hydrogens (primary N) is 2. The lowest BCUT2D eigenvalue weighted by Crippen LogP contribution is -2.29. The van der Waals surface area contributed by atoms with E-state index in [1.165, 1.54) is 0 Å². The summed E-state index contributed by atoms with van der Waals surface area (Å²) in [7, 11) is -6.74. The van der Waals surface area contributed by atoms with E-state index in [9.17, 15) is 16.8 Å². The predicted molar refractivity (Wildman–Crippen MR) is 111 cm³/mol. The lowest BCUT2D eigenvalue weighted by molar-refractivity contribution is 0.580. The first-order valence-electron chi connectivity index (χ1n) is 8.65. The normalized spacial score (nSPS) is 11.6. The highest BCUT2D eigenvalue weighted by Crippen LogP contribution is 2.10. The number of rotatable bonds is 8. The van der Waals surface area contributed by atoms with Gasteiger partial charge in [-0.1, -0.05) is 35.4 Å². The molecule has 0 aliphatic carbocycles. The van der Waals surface area contributed by atoms with Crippen molar-refractivity contribution in [3.8, 4) is 0 Å². The molecule has 0 amide bonds. The van der Waals surface area contributed by atoms with E-state index in [1.54, 1.807) is 48.5 Å². The highest BCUT2D eigenvalue weighted by atomic mass is 32.2. The van der Waals surface area contributed by atoms with E-state index in [2.05, 4.69) is 9.44 Å². The molecule has 156 valence electrons. The van der Waals surface area contributed by atoms with Crippen LogP contribution in [0.5, 0.6) is 0 Å². The van der Waals surface area contributed by atoms with Crippen LogP contribution in [0, 0.1) is 13.8 Å². The molecule has 2 rings (SSSR count). The Morgan fingerprint density at radius 2 is 0.929 bits per heavy atom. The van der Waals surface area contributed by atoms with Crippen LogP contribution < -0.4 is 20.9 Å². The minimum atomic E-state index is -3.37. The fourth-order valence-electron chi connectivity index (χ4n) is 1.99. The first kappa shape index (κ1) is 24.2. The Bertz CT molecular complexity index is 847. The maximum atomic E-state index is 11.5. The number of hydrogen-bond acceptors (Lipinski definition) is 6. The minimum Gasteiger partial charge on any atom is -0.329 e. The largest absolute Gasteiger partial charge is 0.329 e. The summed E-state index contributed by atoms with van der Waals surface area (Å²) in [6.07, 6.45) is 0. The van der Waals surface area contributed by atoms with E-state index in [4.69, 9.17) is 11.5 Å². The van der Waals surface area contributed by atoms with Crippen LogP contribution in [-0.2, 0) is 20.0 Å². The Morgan fingerprint density at radius 1 is 0.643 bits per heavy atom. The average Bonchev–Trinajstić information content (AvgIpc) is 2.66. The molecule has 0 radical (unpaired) electrons. The second kappa shape index (κ2) is 11.2. The van der Waals surface area contributed by atoms with Crippen molar-refractivity contribution in [2.24, 2.45) is 11.5 Å². The van der Waals surface area contributed by atoms with Crippen LogP contribution in [0.1, 0.15) is 11.1 Å². The summed E-state index contributed by atoms with van der Waals surface area (Å²) >= 11 is 0. The Balaban J connectivity index is 0.000000280. The maximum Gasteiger partial charge on any atom is 0.240 e. The summed E-state index contributed by atoms with van der Waals surface area (Å²) in [4.78, 5) is 0.549. The second-order valence-corrected chi connectivity index (χ2v) is 9.53. The minimum absolute atomic E-state index is 0.260. The van der Waals surface area contributed by atoms with Gasteiger partial charge < -0.3 is 11.5 Å². The highest BCUT2D eigenvalue weighted by molar-refractivity contribution is 7.89. The lowest BCUT2D eigenvalue weighted by Gasteiger charge is -2.05. The lowest BCUT2D eigenvalue weighted by atomic mass is 10.2. The smallest absolute Gasteiger partial charge is 0.240 e. The number of hydrogen-bond donors (Lipinski definition) is 4. The molecule has 10 heteroatoms. The van der Waals surface area contributed by atoms with Crippen molar-refractivity contribution in [2.75, 3.05) is 26.2 Å². The number of nitrogens with one attached hydrogen (secondary N) is 2. The standard InChI is InChI=1S/2C9H14N2O2S/c2*1-8-2-4-9(5-3-8)14(12,13)11-7-6-10/h2*2-5,11H,6-7,10H2,1H3. The number of aryl methyl sites for hydroxylation is 2. The van der Waals surface area contributed by atoms with Crippen LogP contribution in [-0.4, -0.2) is 43.0 Å². The van der Waals surface area contributed by atoms with Crippen molar-refractivity contribution in [1.29, 1.82) is 0 Å². The van der Waals surface area contributed by atoms with Gasteiger partial charge in [0.1, 0.15) is 0 Å². The third kappa shape index (κ3) is 8.05. The monoisotopic (exact) mass is 428 g/mol. The van der Waals surface area contributed by atoms with Crippen LogP contribution >= 0.6 is 0 Å².